The normalized spacial score (nSPS) is 13.5. The molecule has 1 aliphatic heterocycles. The molecular formula is C40H25N3S. The number of aromatic nitrogens is 3. The fourth-order valence-corrected chi connectivity index (χ4v) is 8.46. The average molecular weight is 580 g/mol. The van der Waals surface area contributed by atoms with Crippen molar-refractivity contribution in [2.75, 3.05) is 0 Å². The van der Waals surface area contributed by atoms with E-state index >= 15 is 0 Å². The fraction of sp³-hybridized carbons (Fsp3) is 0.0500. The highest BCUT2D eigenvalue weighted by Crippen LogP contribution is 2.47. The lowest BCUT2D eigenvalue weighted by Crippen LogP contribution is -2.02. The van der Waals surface area contributed by atoms with Gasteiger partial charge in [0.2, 0.25) is 0 Å². The monoisotopic (exact) mass is 579 g/mol. The van der Waals surface area contributed by atoms with Gasteiger partial charge in [0.05, 0.1) is 22.2 Å². The van der Waals surface area contributed by atoms with E-state index in [9.17, 15) is 0 Å². The topological polar surface area (TPSA) is 30.7 Å². The predicted octanol–water partition coefficient (Wildman–Crippen LogP) is 10.6. The van der Waals surface area contributed by atoms with Crippen molar-refractivity contribution in [2.45, 2.75) is 22.6 Å². The zero-order valence-electron chi connectivity index (χ0n) is 23.8. The molecule has 6 aromatic carbocycles. The lowest BCUT2D eigenvalue weighted by molar-refractivity contribution is 0.988. The summed E-state index contributed by atoms with van der Waals surface area (Å²) in [4.78, 5) is 12.7. The molecular weight excluding hydrogens is 555 g/mol. The molecule has 10 rings (SSSR count). The fourth-order valence-electron chi connectivity index (χ4n) is 7.35. The molecule has 2 aliphatic rings. The molecule has 206 valence electrons. The van der Waals surface area contributed by atoms with Gasteiger partial charge in [-0.15, -0.1) is 0 Å². The molecule has 4 heteroatoms. The third-order valence-corrected chi connectivity index (χ3v) is 10.4. The third-order valence-electron chi connectivity index (χ3n) is 9.25. The van der Waals surface area contributed by atoms with Crippen LogP contribution in [0.4, 0.5) is 0 Å². The molecule has 0 spiro atoms. The molecule has 0 unspecified atom stereocenters. The van der Waals surface area contributed by atoms with Gasteiger partial charge in [0.15, 0.2) is 5.82 Å². The summed E-state index contributed by atoms with van der Waals surface area (Å²) in [5, 5.41) is 6.44. The maximum Gasteiger partial charge on any atom is 0.160 e. The number of benzene rings is 6. The molecule has 44 heavy (non-hydrogen) atoms. The van der Waals surface area contributed by atoms with Gasteiger partial charge in [-0.25, -0.2) is 9.97 Å². The van der Waals surface area contributed by atoms with E-state index in [1.807, 2.05) is 0 Å². The Labute approximate surface area is 258 Å². The molecule has 0 bridgehead atoms. The van der Waals surface area contributed by atoms with Crippen LogP contribution >= 0.6 is 11.8 Å². The second-order valence-electron chi connectivity index (χ2n) is 11.6. The Morgan fingerprint density at radius 3 is 2.32 bits per heavy atom. The minimum absolute atomic E-state index is 0.758. The SMILES string of the molecule is C1=Cc2c(c3c(c4ccccc24)c2ccccc2n3-c2ccc(-c3nc4c5c(cccc5n3)Sc3ccccc3-4)cc2)CC1. The lowest BCUT2D eigenvalue weighted by atomic mass is 9.89. The van der Waals surface area contributed by atoms with Crippen LogP contribution in [0.2, 0.25) is 0 Å². The highest BCUT2D eigenvalue weighted by Gasteiger charge is 2.24. The summed E-state index contributed by atoms with van der Waals surface area (Å²) < 4.78 is 2.48. The van der Waals surface area contributed by atoms with E-state index < -0.39 is 0 Å². The van der Waals surface area contributed by atoms with E-state index in [2.05, 4.69) is 132 Å². The van der Waals surface area contributed by atoms with Gasteiger partial charge in [-0.3, -0.25) is 0 Å². The summed E-state index contributed by atoms with van der Waals surface area (Å²) in [5.41, 5.74) is 10.7. The van der Waals surface area contributed by atoms with Gasteiger partial charge in [-0.2, -0.15) is 0 Å². The first-order valence-electron chi connectivity index (χ1n) is 15.2. The second kappa shape index (κ2) is 9.15. The number of aryl methyl sites for hydroxylation is 1. The zero-order valence-corrected chi connectivity index (χ0v) is 24.6. The predicted molar refractivity (Wildman–Crippen MR) is 184 cm³/mol. The Hall–Kier alpha value is -5.19. The molecule has 3 heterocycles. The quantitative estimate of drug-likeness (QED) is 0.204. The van der Waals surface area contributed by atoms with Gasteiger partial charge in [-0.1, -0.05) is 90.6 Å². The Balaban J connectivity index is 1.20. The van der Waals surface area contributed by atoms with Gasteiger partial charge < -0.3 is 4.57 Å². The molecule has 1 aliphatic carbocycles. The van der Waals surface area contributed by atoms with Crippen LogP contribution in [0.5, 0.6) is 0 Å². The largest absolute Gasteiger partial charge is 0.309 e. The zero-order chi connectivity index (χ0) is 28.8. The van der Waals surface area contributed by atoms with Crippen molar-refractivity contribution in [3.8, 4) is 28.3 Å². The van der Waals surface area contributed by atoms with E-state index in [0.29, 0.717) is 0 Å². The number of para-hydroxylation sites is 1. The number of hydrogen-bond donors (Lipinski definition) is 0. The van der Waals surface area contributed by atoms with Crippen LogP contribution in [0.1, 0.15) is 17.5 Å². The van der Waals surface area contributed by atoms with Crippen molar-refractivity contribution in [2.24, 2.45) is 0 Å². The van der Waals surface area contributed by atoms with E-state index in [0.717, 1.165) is 46.5 Å². The molecule has 0 N–H and O–H groups in total. The number of rotatable bonds is 2. The first-order valence-corrected chi connectivity index (χ1v) is 16.0. The van der Waals surface area contributed by atoms with Crippen LogP contribution in [0.25, 0.3) is 77.9 Å². The molecule has 0 saturated carbocycles. The Morgan fingerprint density at radius 1 is 0.636 bits per heavy atom. The van der Waals surface area contributed by atoms with Crippen molar-refractivity contribution in [3.63, 3.8) is 0 Å². The van der Waals surface area contributed by atoms with E-state index in [1.54, 1.807) is 11.8 Å². The van der Waals surface area contributed by atoms with E-state index in [-0.39, 0.29) is 0 Å². The van der Waals surface area contributed by atoms with Crippen LogP contribution < -0.4 is 0 Å². The summed E-state index contributed by atoms with van der Waals surface area (Å²) in [5.74, 6) is 0.758. The number of fused-ring (bicyclic) bond motifs is 10. The van der Waals surface area contributed by atoms with Crippen LogP contribution in [0.15, 0.2) is 131 Å². The van der Waals surface area contributed by atoms with Crippen LogP contribution in [0.3, 0.4) is 0 Å². The first kappa shape index (κ1) is 24.3. The molecule has 0 fully saturated rings. The summed E-state index contributed by atoms with van der Waals surface area (Å²) in [6, 6.07) is 41.5. The number of allylic oxidation sites excluding steroid dienone is 1. The summed E-state index contributed by atoms with van der Waals surface area (Å²) >= 11 is 1.80. The Morgan fingerprint density at radius 2 is 1.41 bits per heavy atom. The van der Waals surface area contributed by atoms with E-state index in [4.69, 9.17) is 9.97 Å². The average Bonchev–Trinajstić information content (AvgIpc) is 3.44. The van der Waals surface area contributed by atoms with Gasteiger partial charge in [0.1, 0.15) is 0 Å². The van der Waals surface area contributed by atoms with Crippen LogP contribution in [0, 0.1) is 0 Å². The van der Waals surface area contributed by atoms with E-state index in [1.165, 1.54) is 59.1 Å². The van der Waals surface area contributed by atoms with Crippen molar-refractivity contribution < 1.29 is 0 Å². The molecule has 0 saturated heterocycles. The van der Waals surface area contributed by atoms with Gasteiger partial charge in [0, 0.05) is 42.8 Å². The van der Waals surface area contributed by atoms with Crippen LogP contribution in [-0.2, 0) is 6.42 Å². The van der Waals surface area contributed by atoms with Crippen molar-refractivity contribution in [3.05, 3.63) is 132 Å². The second-order valence-corrected chi connectivity index (χ2v) is 12.7. The highest BCUT2D eigenvalue weighted by molar-refractivity contribution is 7.99. The summed E-state index contributed by atoms with van der Waals surface area (Å²) in [6.07, 6.45) is 6.75. The van der Waals surface area contributed by atoms with Gasteiger partial charge >= 0.3 is 0 Å². The van der Waals surface area contributed by atoms with Gasteiger partial charge in [-0.05, 0) is 83.3 Å². The molecule has 2 aromatic heterocycles. The van der Waals surface area contributed by atoms with Crippen molar-refractivity contribution in [1.29, 1.82) is 0 Å². The smallest absolute Gasteiger partial charge is 0.160 e. The Kier molecular flexibility index (Phi) is 5.05. The molecule has 3 nitrogen and oxygen atoms in total. The van der Waals surface area contributed by atoms with Gasteiger partial charge in [0.25, 0.3) is 0 Å². The number of nitrogens with zero attached hydrogens (tertiary/aromatic N) is 3. The highest BCUT2D eigenvalue weighted by atomic mass is 32.2. The maximum atomic E-state index is 5.19. The molecule has 0 atom stereocenters. The van der Waals surface area contributed by atoms with Crippen LogP contribution in [-0.4, -0.2) is 14.5 Å². The molecule has 8 aromatic rings. The standard InChI is InChI=1S/C40H25N3S/c1-3-12-28-26(10-1)27-11-2-4-13-29(27)39-36(28)30-14-5-7-17-33(30)43(39)25-22-20-24(21-23-25)40-41-32-16-9-19-35-37(32)38(42-40)31-15-6-8-18-34(31)44-35/h1-3,5-12,14-23H,4,13H2. The lowest BCUT2D eigenvalue weighted by Gasteiger charge is -2.20. The van der Waals surface area contributed by atoms with Crippen molar-refractivity contribution in [1.82, 2.24) is 14.5 Å². The Bertz CT molecular complexity index is 2520. The maximum absolute atomic E-state index is 5.19. The third kappa shape index (κ3) is 3.34. The first-order chi connectivity index (χ1) is 21.8. The minimum Gasteiger partial charge on any atom is -0.309 e. The minimum atomic E-state index is 0.758. The summed E-state index contributed by atoms with van der Waals surface area (Å²) in [7, 11) is 0. The summed E-state index contributed by atoms with van der Waals surface area (Å²) in [6.45, 7) is 0. The molecule has 0 amide bonds. The number of hydrogen-bond acceptors (Lipinski definition) is 3. The van der Waals surface area contributed by atoms with Crippen molar-refractivity contribution >= 4 is 61.3 Å². The molecule has 0 radical (unpaired) electrons.